The van der Waals surface area contributed by atoms with Crippen molar-refractivity contribution in [3.63, 3.8) is 0 Å². The minimum absolute atomic E-state index is 0.109. The number of aliphatic carboxylic acids is 1. The highest BCUT2D eigenvalue weighted by atomic mass is 16.4. The summed E-state index contributed by atoms with van der Waals surface area (Å²) < 4.78 is 0. The molecule has 24 heavy (non-hydrogen) atoms. The van der Waals surface area contributed by atoms with Crippen LogP contribution in [0.4, 0.5) is 0 Å². The lowest BCUT2D eigenvalue weighted by molar-refractivity contribution is -0.146. The van der Waals surface area contributed by atoms with E-state index in [0.29, 0.717) is 12.8 Å². The third kappa shape index (κ3) is 3.28. The second kappa shape index (κ2) is 6.63. The summed E-state index contributed by atoms with van der Waals surface area (Å²) in [5.74, 6) is -1.44. The number of carboxylic acids is 1. The lowest BCUT2D eigenvalue weighted by Crippen LogP contribution is -2.55. The third-order valence-corrected chi connectivity index (χ3v) is 5.16. The van der Waals surface area contributed by atoms with Gasteiger partial charge in [0.1, 0.15) is 0 Å². The van der Waals surface area contributed by atoms with Crippen molar-refractivity contribution in [2.45, 2.75) is 44.6 Å². The Balaban J connectivity index is 1.78. The van der Waals surface area contributed by atoms with Gasteiger partial charge in [0, 0.05) is 0 Å². The van der Waals surface area contributed by atoms with Gasteiger partial charge in [-0.3, -0.25) is 9.59 Å². The van der Waals surface area contributed by atoms with Crippen LogP contribution in [0.3, 0.4) is 0 Å². The molecule has 126 valence electrons. The van der Waals surface area contributed by atoms with Crippen molar-refractivity contribution in [2.75, 3.05) is 0 Å². The molecule has 2 unspecified atom stereocenters. The Morgan fingerprint density at radius 2 is 1.92 bits per heavy atom. The molecule has 2 aromatic carbocycles. The van der Waals surface area contributed by atoms with Crippen LogP contribution in [0.15, 0.2) is 42.5 Å². The van der Waals surface area contributed by atoms with Crippen LogP contribution < -0.4 is 5.32 Å². The first-order valence-electron chi connectivity index (χ1n) is 8.50. The van der Waals surface area contributed by atoms with Crippen molar-refractivity contribution in [3.05, 3.63) is 48.0 Å². The summed E-state index contributed by atoms with van der Waals surface area (Å²) in [6.07, 6.45) is 3.47. The first-order valence-corrected chi connectivity index (χ1v) is 8.50. The van der Waals surface area contributed by atoms with Gasteiger partial charge in [0.25, 0.3) is 0 Å². The molecule has 1 saturated carbocycles. The van der Waals surface area contributed by atoms with Gasteiger partial charge in [-0.1, -0.05) is 55.3 Å². The predicted octanol–water partition coefficient (Wildman–Crippen LogP) is 3.53. The van der Waals surface area contributed by atoms with Crippen LogP contribution in [0.25, 0.3) is 10.8 Å². The molecule has 3 rings (SSSR count). The number of hydrogen-bond acceptors (Lipinski definition) is 2. The number of nitrogens with one attached hydrogen (secondary N) is 1. The Hall–Kier alpha value is -2.36. The van der Waals surface area contributed by atoms with E-state index in [1.807, 2.05) is 49.4 Å². The molecule has 0 aliphatic heterocycles. The maximum absolute atomic E-state index is 12.6. The predicted molar refractivity (Wildman–Crippen MR) is 93.8 cm³/mol. The van der Waals surface area contributed by atoms with Gasteiger partial charge in [0.15, 0.2) is 0 Å². The first kappa shape index (κ1) is 16.5. The fourth-order valence-corrected chi connectivity index (χ4v) is 3.86. The number of benzene rings is 2. The topological polar surface area (TPSA) is 66.4 Å². The fraction of sp³-hybridized carbons (Fsp3) is 0.400. The number of carboxylic acid groups (broad SMARTS) is 1. The lowest BCUT2D eigenvalue weighted by Gasteiger charge is -2.39. The van der Waals surface area contributed by atoms with Crippen LogP contribution in [0.2, 0.25) is 0 Å². The Bertz CT molecular complexity index is 765. The molecule has 0 radical (unpaired) electrons. The summed E-state index contributed by atoms with van der Waals surface area (Å²) in [5.41, 5.74) is 0.308. The molecular weight excluding hydrogens is 302 g/mol. The molecular formula is C20H23NO3. The molecule has 4 heteroatoms. The maximum atomic E-state index is 12.6. The third-order valence-electron chi connectivity index (χ3n) is 5.16. The maximum Gasteiger partial charge on any atom is 0.308 e. The summed E-state index contributed by atoms with van der Waals surface area (Å²) >= 11 is 0. The van der Waals surface area contributed by atoms with Crippen molar-refractivity contribution < 1.29 is 14.7 Å². The Morgan fingerprint density at radius 3 is 2.71 bits per heavy atom. The van der Waals surface area contributed by atoms with Gasteiger partial charge in [-0.15, -0.1) is 0 Å². The zero-order valence-electron chi connectivity index (χ0n) is 13.9. The van der Waals surface area contributed by atoms with Crippen molar-refractivity contribution in [2.24, 2.45) is 5.92 Å². The SMILES string of the molecule is CC1(NC(=O)Cc2cccc3ccccc23)CCCCC1C(=O)O. The quantitative estimate of drug-likeness (QED) is 0.903. The average molecular weight is 325 g/mol. The molecule has 1 aliphatic carbocycles. The van der Waals surface area contributed by atoms with E-state index in [9.17, 15) is 14.7 Å². The molecule has 0 aromatic heterocycles. The van der Waals surface area contributed by atoms with Gasteiger partial charge in [-0.25, -0.2) is 0 Å². The van der Waals surface area contributed by atoms with E-state index in [-0.39, 0.29) is 12.3 Å². The number of fused-ring (bicyclic) bond motifs is 1. The Labute approximate surface area is 141 Å². The van der Waals surface area contributed by atoms with Crippen LogP contribution in [-0.4, -0.2) is 22.5 Å². The van der Waals surface area contributed by atoms with E-state index in [2.05, 4.69) is 5.32 Å². The van der Waals surface area contributed by atoms with Gasteiger partial charge in [0.2, 0.25) is 5.91 Å². The number of hydrogen-bond donors (Lipinski definition) is 2. The molecule has 0 bridgehead atoms. The zero-order valence-corrected chi connectivity index (χ0v) is 13.9. The first-order chi connectivity index (χ1) is 11.5. The summed E-state index contributed by atoms with van der Waals surface area (Å²) in [7, 11) is 0. The van der Waals surface area contributed by atoms with E-state index in [0.717, 1.165) is 29.2 Å². The highest BCUT2D eigenvalue weighted by Crippen LogP contribution is 2.34. The van der Waals surface area contributed by atoms with Crippen LogP contribution in [0, 0.1) is 5.92 Å². The van der Waals surface area contributed by atoms with E-state index < -0.39 is 17.4 Å². The van der Waals surface area contributed by atoms with Crippen molar-refractivity contribution in [1.29, 1.82) is 0 Å². The molecule has 1 fully saturated rings. The molecule has 0 spiro atoms. The van der Waals surface area contributed by atoms with E-state index in [1.165, 1.54) is 0 Å². The number of amides is 1. The standard InChI is InChI=1S/C20H23NO3/c1-20(12-5-4-11-17(20)19(23)24)21-18(22)13-15-9-6-8-14-7-2-3-10-16(14)15/h2-3,6-10,17H,4-5,11-13H2,1H3,(H,21,22)(H,23,24). The summed E-state index contributed by atoms with van der Waals surface area (Å²) in [4.78, 5) is 24.1. The van der Waals surface area contributed by atoms with Crippen LogP contribution >= 0.6 is 0 Å². The summed E-state index contributed by atoms with van der Waals surface area (Å²) in [5, 5.41) is 14.7. The zero-order chi connectivity index (χ0) is 17.2. The summed E-state index contributed by atoms with van der Waals surface area (Å²) in [6.45, 7) is 1.87. The van der Waals surface area contributed by atoms with Crippen LogP contribution in [0.5, 0.6) is 0 Å². The molecule has 1 amide bonds. The number of carbonyl (C=O) groups excluding carboxylic acids is 1. The van der Waals surface area contributed by atoms with E-state index in [4.69, 9.17) is 0 Å². The lowest BCUT2D eigenvalue weighted by atomic mass is 9.74. The van der Waals surface area contributed by atoms with Crippen molar-refractivity contribution >= 4 is 22.6 Å². The Morgan fingerprint density at radius 1 is 1.17 bits per heavy atom. The fourth-order valence-electron chi connectivity index (χ4n) is 3.86. The minimum Gasteiger partial charge on any atom is -0.481 e. The van der Waals surface area contributed by atoms with Gasteiger partial charge >= 0.3 is 5.97 Å². The highest BCUT2D eigenvalue weighted by molar-refractivity contribution is 5.90. The van der Waals surface area contributed by atoms with E-state index in [1.54, 1.807) is 0 Å². The van der Waals surface area contributed by atoms with Gasteiger partial charge < -0.3 is 10.4 Å². The normalized spacial score (nSPS) is 23.8. The molecule has 4 nitrogen and oxygen atoms in total. The largest absolute Gasteiger partial charge is 0.481 e. The average Bonchev–Trinajstić information content (AvgIpc) is 2.54. The van der Waals surface area contributed by atoms with Crippen LogP contribution in [0.1, 0.15) is 38.2 Å². The van der Waals surface area contributed by atoms with Crippen molar-refractivity contribution in [3.8, 4) is 0 Å². The second-order valence-electron chi connectivity index (χ2n) is 6.92. The molecule has 1 aliphatic rings. The number of rotatable bonds is 4. The highest BCUT2D eigenvalue weighted by Gasteiger charge is 2.42. The van der Waals surface area contributed by atoms with Gasteiger partial charge in [0.05, 0.1) is 17.9 Å². The summed E-state index contributed by atoms with van der Waals surface area (Å²) in [6, 6.07) is 13.9. The molecule has 0 heterocycles. The Kier molecular flexibility index (Phi) is 4.56. The van der Waals surface area contributed by atoms with Gasteiger partial charge in [-0.05, 0) is 36.1 Å². The van der Waals surface area contributed by atoms with E-state index >= 15 is 0 Å². The number of carbonyl (C=O) groups is 2. The van der Waals surface area contributed by atoms with Crippen molar-refractivity contribution in [1.82, 2.24) is 5.32 Å². The molecule has 2 aromatic rings. The smallest absolute Gasteiger partial charge is 0.308 e. The monoisotopic (exact) mass is 325 g/mol. The van der Waals surface area contributed by atoms with Crippen LogP contribution in [-0.2, 0) is 16.0 Å². The molecule has 0 saturated heterocycles. The minimum atomic E-state index is -0.817. The molecule has 2 atom stereocenters. The van der Waals surface area contributed by atoms with Gasteiger partial charge in [-0.2, -0.15) is 0 Å². The molecule has 2 N–H and O–H groups in total. The second-order valence-corrected chi connectivity index (χ2v) is 6.92.